The van der Waals surface area contributed by atoms with Gasteiger partial charge in [-0.2, -0.15) is 10.2 Å². The third-order valence-electron chi connectivity index (χ3n) is 4.44. The first-order valence-electron chi connectivity index (χ1n) is 8.51. The Morgan fingerprint density at radius 1 is 1.19 bits per heavy atom. The van der Waals surface area contributed by atoms with Crippen molar-refractivity contribution in [1.82, 2.24) is 24.5 Å². The van der Waals surface area contributed by atoms with Crippen LogP contribution in [0.1, 0.15) is 27.4 Å². The number of hydrogen-bond donors (Lipinski definition) is 0. The lowest BCUT2D eigenvalue weighted by atomic mass is 10.2. The molecule has 8 heteroatoms. The van der Waals surface area contributed by atoms with Gasteiger partial charge >= 0.3 is 0 Å². The van der Waals surface area contributed by atoms with Crippen LogP contribution in [0.15, 0.2) is 36.5 Å². The molecule has 0 bridgehead atoms. The van der Waals surface area contributed by atoms with Crippen LogP contribution in [-0.2, 0) is 20.3 Å². The number of aryl methyl sites for hydroxylation is 2. The van der Waals surface area contributed by atoms with E-state index >= 15 is 0 Å². The molecule has 0 fully saturated rings. The molecule has 0 N–H and O–H groups in total. The summed E-state index contributed by atoms with van der Waals surface area (Å²) >= 11 is 5.85. The number of carbonyl (C=O) groups excluding carboxylic acids is 1. The van der Waals surface area contributed by atoms with Gasteiger partial charge in [-0.25, -0.2) is 4.68 Å². The maximum Gasteiger partial charge on any atom is 0.274 e. The zero-order valence-corrected chi connectivity index (χ0v) is 16.6. The molecular formula is C19H22ClN5O2. The molecule has 142 valence electrons. The third kappa shape index (κ3) is 4.31. The van der Waals surface area contributed by atoms with Gasteiger partial charge in [0.1, 0.15) is 5.75 Å². The number of nitrogens with zero attached hydrogens (tertiary/aromatic N) is 5. The second-order valence-electron chi connectivity index (χ2n) is 6.40. The lowest BCUT2D eigenvalue weighted by molar-refractivity contribution is 0.0776. The van der Waals surface area contributed by atoms with Gasteiger partial charge in [-0.15, -0.1) is 0 Å². The van der Waals surface area contributed by atoms with Crippen molar-refractivity contribution in [3.8, 4) is 5.75 Å². The summed E-state index contributed by atoms with van der Waals surface area (Å²) in [5.74, 6) is 0.533. The summed E-state index contributed by atoms with van der Waals surface area (Å²) in [5, 5.41) is 9.35. The molecule has 3 rings (SSSR count). The minimum absolute atomic E-state index is 0.150. The molecule has 0 aliphatic carbocycles. The van der Waals surface area contributed by atoms with E-state index in [9.17, 15) is 4.79 Å². The molecule has 0 saturated carbocycles. The van der Waals surface area contributed by atoms with Gasteiger partial charge in [0.2, 0.25) is 0 Å². The Bertz CT molecular complexity index is 946. The molecule has 0 aliphatic heterocycles. The lowest BCUT2D eigenvalue weighted by Gasteiger charge is -2.16. The van der Waals surface area contributed by atoms with Gasteiger partial charge in [-0.05, 0) is 44.2 Å². The van der Waals surface area contributed by atoms with Crippen molar-refractivity contribution in [3.63, 3.8) is 0 Å². The minimum Gasteiger partial charge on any atom is -0.471 e. The van der Waals surface area contributed by atoms with Crippen molar-refractivity contribution in [2.24, 2.45) is 7.05 Å². The predicted molar refractivity (Wildman–Crippen MR) is 103 cm³/mol. The standard InChI is InChI=1S/C19H22ClN5O2/c1-13-17(14(2)24(4)21-13)11-23(3)19(26)18-9-10-25(22-18)12-27-16-7-5-15(20)6-8-16/h5-10H,11-12H2,1-4H3. The molecule has 2 aromatic heterocycles. The first-order chi connectivity index (χ1) is 12.8. The van der Waals surface area contributed by atoms with Gasteiger partial charge in [-0.1, -0.05) is 11.6 Å². The summed E-state index contributed by atoms with van der Waals surface area (Å²) in [4.78, 5) is 14.3. The second kappa shape index (κ2) is 7.84. The average molecular weight is 388 g/mol. The van der Waals surface area contributed by atoms with E-state index in [1.54, 1.807) is 53.2 Å². The number of amides is 1. The quantitative estimate of drug-likeness (QED) is 0.651. The Morgan fingerprint density at radius 3 is 2.52 bits per heavy atom. The molecule has 0 spiro atoms. The highest BCUT2D eigenvalue weighted by Crippen LogP contribution is 2.17. The van der Waals surface area contributed by atoms with E-state index in [0.29, 0.717) is 23.0 Å². The Hall–Kier alpha value is -2.80. The summed E-state index contributed by atoms with van der Waals surface area (Å²) in [6.07, 6.45) is 1.72. The largest absolute Gasteiger partial charge is 0.471 e. The fourth-order valence-electron chi connectivity index (χ4n) is 2.77. The molecule has 0 aliphatic rings. The molecule has 1 aromatic carbocycles. The number of rotatable bonds is 6. The average Bonchev–Trinajstić information content (AvgIpc) is 3.21. The van der Waals surface area contributed by atoms with Crippen molar-refractivity contribution < 1.29 is 9.53 Å². The summed E-state index contributed by atoms with van der Waals surface area (Å²) in [5.41, 5.74) is 3.40. The summed E-state index contributed by atoms with van der Waals surface area (Å²) in [7, 11) is 3.66. The van der Waals surface area contributed by atoms with E-state index in [1.807, 2.05) is 25.6 Å². The second-order valence-corrected chi connectivity index (χ2v) is 6.84. The molecule has 0 unspecified atom stereocenters. The van der Waals surface area contributed by atoms with Crippen LogP contribution < -0.4 is 4.74 Å². The van der Waals surface area contributed by atoms with Crippen LogP contribution in [0.4, 0.5) is 0 Å². The summed E-state index contributed by atoms with van der Waals surface area (Å²) < 4.78 is 9.04. The van der Waals surface area contributed by atoms with Gasteiger partial charge in [0.05, 0.1) is 5.69 Å². The van der Waals surface area contributed by atoms with E-state index in [4.69, 9.17) is 16.3 Å². The smallest absolute Gasteiger partial charge is 0.274 e. The van der Waals surface area contributed by atoms with Crippen LogP contribution >= 0.6 is 11.6 Å². The number of halogens is 1. The van der Waals surface area contributed by atoms with E-state index in [1.165, 1.54) is 0 Å². The number of ether oxygens (including phenoxy) is 1. The predicted octanol–water partition coefficient (Wildman–Crippen LogP) is 3.20. The minimum atomic E-state index is -0.150. The van der Waals surface area contributed by atoms with Crippen molar-refractivity contribution in [2.45, 2.75) is 27.1 Å². The van der Waals surface area contributed by atoms with Crippen molar-refractivity contribution in [2.75, 3.05) is 7.05 Å². The fourth-order valence-corrected chi connectivity index (χ4v) is 2.90. The Balaban J connectivity index is 1.62. The molecule has 0 radical (unpaired) electrons. The lowest BCUT2D eigenvalue weighted by Crippen LogP contribution is -2.27. The number of aromatic nitrogens is 4. The molecule has 2 heterocycles. The van der Waals surface area contributed by atoms with E-state index in [-0.39, 0.29) is 12.6 Å². The number of hydrogen-bond acceptors (Lipinski definition) is 4. The van der Waals surface area contributed by atoms with Crippen LogP contribution in [0, 0.1) is 13.8 Å². The molecule has 7 nitrogen and oxygen atoms in total. The van der Waals surface area contributed by atoms with E-state index < -0.39 is 0 Å². The zero-order valence-electron chi connectivity index (χ0n) is 15.8. The Kier molecular flexibility index (Phi) is 5.51. The highest BCUT2D eigenvalue weighted by molar-refractivity contribution is 6.30. The highest BCUT2D eigenvalue weighted by Gasteiger charge is 2.18. The molecule has 0 atom stereocenters. The monoisotopic (exact) mass is 387 g/mol. The molecule has 0 saturated heterocycles. The first kappa shape index (κ1) is 19.0. The SMILES string of the molecule is Cc1nn(C)c(C)c1CN(C)C(=O)c1ccn(COc2ccc(Cl)cc2)n1. The van der Waals surface area contributed by atoms with E-state index in [2.05, 4.69) is 10.2 Å². The Morgan fingerprint density at radius 2 is 1.89 bits per heavy atom. The number of benzene rings is 1. The highest BCUT2D eigenvalue weighted by atomic mass is 35.5. The third-order valence-corrected chi connectivity index (χ3v) is 4.69. The molecular weight excluding hydrogens is 366 g/mol. The normalized spacial score (nSPS) is 10.9. The zero-order chi connectivity index (χ0) is 19.6. The Labute approximate surface area is 163 Å². The van der Waals surface area contributed by atoms with Gasteiger partial charge < -0.3 is 9.64 Å². The van der Waals surface area contributed by atoms with E-state index in [0.717, 1.165) is 17.0 Å². The maximum absolute atomic E-state index is 12.7. The van der Waals surface area contributed by atoms with Crippen LogP contribution in [-0.4, -0.2) is 37.4 Å². The molecule has 3 aromatic rings. The maximum atomic E-state index is 12.7. The topological polar surface area (TPSA) is 65.2 Å². The van der Waals surface area contributed by atoms with Gasteiger partial charge in [0, 0.05) is 43.1 Å². The van der Waals surface area contributed by atoms with Crippen LogP contribution in [0.3, 0.4) is 0 Å². The van der Waals surface area contributed by atoms with Gasteiger partial charge in [-0.3, -0.25) is 9.48 Å². The molecule has 1 amide bonds. The number of carbonyl (C=O) groups is 1. The van der Waals surface area contributed by atoms with Crippen molar-refractivity contribution >= 4 is 17.5 Å². The first-order valence-corrected chi connectivity index (χ1v) is 8.89. The summed E-state index contributed by atoms with van der Waals surface area (Å²) in [6, 6.07) is 8.76. The van der Waals surface area contributed by atoms with Crippen molar-refractivity contribution in [1.29, 1.82) is 0 Å². The molecule has 27 heavy (non-hydrogen) atoms. The van der Waals surface area contributed by atoms with Gasteiger partial charge in [0.25, 0.3) is 5.91 Å². The van der Waals surface area contributed by atoms with Crippen molar-refractivity contribution in [3.05, 3.63) is 64.2 Å². The fraction of sp³-hybridized carbons (Fsp3) is 0.316. The summed E-state index contributed by atoms with van der Waals surface area (Å²) in [6.45, 7) is 4.64. The van der Waals surface area contributed by atoms with Crippen LogP contribution in [0.2, 0.25) is 5.02 Å². The van der Waals surface area contributed by atoms with Gasteiger partial charge in [0.15, 0.2) is 12.4 Å². The van der Waals surface area contributed by atoms with Crippen LogP contribution in [0.25, 0.3) is 0 Å². The van der Waals surface area contributed by atoms with Crippen LogP contribution in [0.5, 0.6) is 5.75 Å².